The third-order valence-corrected chi connectivity index (χ3v) is 4.45. The van der Waals surface area contributed by atoms with Crippen LogP contribution in [0.2, 0.25) is 0 Å². The van der Waals surface area contributed by atoms with E-state index in [9.17, 15) is 14.7 Å². The van der Waals surface area contributed by atoms with E-state index in [1.165, 1.54) is 4.90 Å². The van der Waals surface area contributed by atoms with Crippen LogP contribution in [0.5, 0.6) is 11.5 Å². The summed E-state index contributed by atoms with van der Waals surface area (Å²) in [6, 6.07) is 10.8. The Morgan fingerprint density at radius 2 is 2.04 bits per heavy atom. The Kier molecular flexibility index (Phi) is 3.60. The molecule has 1 unspecified atom stereocenters. The summed E-state index contributed by atoms with van der Waals surface area (Å²) in [5.41, 5.74) is 3.02. The van der Waals surface area contributed by atoms with E-state index in [1.807, 2.05) is 13.0 Å². The van der Waals surface area contributed by atoms with E-state index in [-0.39, 0.29) is 12.5 Å². The van der Waals surface area contributed by atoms with Crippen molar-refractivity contribution in [3.63, 3.8) is 0 Å². The standard InChI is InChI=1S/C19H17NO5/c1-11-8-12-6-7-24-17(12)13(9-11)18(21)20-10-16(19(22)23)25-15-5-3-2-4-14(15)20/h2-5,8-9,16H,6-7,10H2,1H3,(H,22,23). The fourth-order valence-electron chi connectivity index (χ4n) is 3.33. The first-order valence-electron chi connectivity index (χ1n) is 8.11. The van der Waals surface area contributed by atoms with Crippen LogP contribution in [-0.4, -0.2) is 36.2 Å². The monoisotopic (exact) mass is 339 g/mol. The van der Waals surface area contributed by atoms with Crippen LogP contribution in [0, 0.1) is 6.92 Å². The molecular weight excluding hydrogens is 322 g/mol. The average Bonchev–Trinajstić information content (AvgIpc) is 3.07. The lowest BCUT2D eigenvalue weighted by molar-refractivity contribution is -0.144. The molecule has 6 heteroatoms. The second kappa shape index (κ2) is 5.81. The minimum absolute atomic E-state index is 0.0477. The lowest BCUT2D eigenvalue weighted by Crippen LogP contribution is -2.47. The van der Waals surface area contributed by atoms with Crippen LogP contribution in [0.4, 0.5) is 5.69 Å². The Morgan fingerprint density at radius 3 is 2.84 bits per heavy atom. The number of amides is 1. The molecule has 6 nitrogen and oxygen atoms in total. The van der Waals surface area contributed by atoms with Crippen molar-refractivity contribution in [2.75, 3.05) is 18.1 Å². The van der Waals surface area contributed by atoms with Crippen molar-refractivity contribution >= 4 is 17.6 Å². The first-order chi connectivity index (χ1) is 12.0. The maximum atomic E-state index is 13.2. The summed E-state index contributed by atoms with van der Waals surface area (Å²) in [5, 5.41) is 9.35. The molecular formula is C19H17NO5. The molecule has 0 aliphatic carbocycles. The summed E-state index contributed by atoms with van der Waals surface area (Å²) in [7, 11) is 0. The molecule has 1 atom stereocenters. The number of carboxylic acid groups (broad SMARTS) is 1. The maximum absolute atomic E-state index is 13.2. The summed E-state index contributed by atoms with van der Waals surface area (Å²) in [6.07, 6.45) is -0.327. The number of ether oxygens (including phenoxy) is 2. The van der Waals surface area contributed by atoms with Crippen LogP contribution in [0.15, 0.2) is 36.4 Å². The van der Waals surface area contributed by atoms with Gasteiger partial charge in [-0.25, -0.2) is 4.79 Å². The number of aryl methyl sites for hydroxylation is 1. The van der Waals surface area contributed by atoms with Gasteiger partial charge in [-0.2, -0.15) is 0 Å². The van der Waals surface area contributed by atoms with E-state index >= 15 is 0 Å². The van der Waals surface area contributed by atoms with Crippen molar-refractivity contribution < 1.29 is 24.2 Å². The zero-order chi connectivity index (χ0) is 17.6. The number of carboxylic acids is 1. The van der Waals surface area contributed by atoms with Gasteiger partial charge in [-0.15, -0.1) is 0 Å². The van der Waals surface area contributed by atoms with Gasteiger partial charge in [0, 0.05) is 6.42 Å². The van der Waals surface area contributed by atoms with Gasteiger partial charge in [-0.3, -0.25) is 4.79 Å². The molecule has 2 aliphatic heterocycles. The lowest BCUT2D eigenvalue weighted by atomic mass is 10.0. The number of benzene rings is 2. The number of hydrogen-bond donors (Lipinski definition) is 1. The Hall–Kier alpha value is -3.02. The lowest BCUT2D eigenvalue weighted by Gasteiger charge is -2.33. The Labute approximate surface area is 144 Å². The minimum Gasteiger partial charge on any atom is -0.492 e. The molecule has 128 valence electrons. The number of hydrogen-bond acceptors (Lipinski definition) is 4. The van der Waals surface area contributed by atoms with Gasteiger partial charge in [-0.1, -0.05) is 18.2 Å². The Morgan fingerprint density at radius 1 is 1.24 bits per heavy atom. The number of para-hydroxylation sites is 2. The van der Waals surface area contributed by atoms with Gasteiger partial charge in [0.05, 0.1) is 24.4 Å². The molecule has 2 aromatic rings. The molecule has 2 aliphatic rings. The number of aliphatic carboxylic acids is 1. The molecule has 1 N–H and O–H groups in total. The number of rotatable bonds is 2. The van der Waals surface area contributed by atoms with E-state index in [2.05, 4.69) is 0 Å². The van der Waals surface area contributed by atoms with Crippen LogP contribution in [0.3, 0.4) is 0 Å². The third kappa shape index (κ3) is 2.59. The van der Waals surface area contributed by atoms with Gasteiger partial charge in [0.2, 0.25) is 6.10 Å². The Balaban J connectivity index is 1.79. The van der Waals surface area contributed by atoms with E-state index in [4.69, 9.17) is 9.47 Å². The highest BCUT2D eigenvalue weighted by atomic mass is 16.5. The minimum atomic E-state index is -1.10. The topological polar surface area (TPSA) is 76.1 Å². The van der Waals surface area contributed by atoms with E-state index in [0.717, 1.165) is 17.5 Å². The summed E-state index contributed by atoms with van der Waals surface area (Å²) >= 11 is 0. The normalized spacial score (nSPS) is 18.0. The largest absolute Gasteiger partial charge is 0.492 e. The highest BCUT2D eigenvalue weighted by Crippen LogP contribution is 2.37. The molecule has 0 radical (unpaired) electrons. The number of nitrogens with zero attached hydrogens (tertiary/aromatic N) is 1. The van der Waals surface area contributed by atoms with Crippen LogP contribution < -0.4 is 14.4 Å². The molecule has 2 heterocycles. The first kappa shape index (κ1) is 15.5. The Bertz CT molecular complexity index is 876. The summed E-state index contributed by atoms with van der Waals surface area (Å²) in [5.74, 6) is -0.381. The third-order valence-electron chi connectivity index (χ3n) is 4.45. The molecule has 0 saturated carbocycles. The SMILES string of the molecule is Cc1cc2c(c(C(=O)N3CC(C(=O)O)Oc4ccccc43)c1)OCC2. The fraction of sp³-hybridized carbons (Fsp3) is 0.263. The molecule has 0 fully saturated rings. The van der Waals surface area contributed by atoms with Crippen LogP contribution in [0.25, 0.3) is 0 Å². The molecule has 0 aromatic heterocycles. The molecule has 4 rings (SSSR count). The van der Waals surface area contributed by atoms with Gasteiger partial charge in [0.25, 0.3) is 5.91 Å². The van der Waals surface area contributed by atoms with Gasteiger partial charge in [-0.05, 0) is 36.2 Å². The van der Waals surface area contributed by atoms with E-state index in [1.54, 1.807) is 30.3 Å². The fourth-order valence-corrected chi connectivity index (χ4v) is 3.33. The number of carbonyl (C=O) groups is 2. The van der Waals surface area contributed by atoms with Crippen molar-refractivity contribution in [2.45, 2.75) is 19.4 Å². The summed E-state index contributed by atoms with van der Waals surface area (Å²) < 4.78 is 11.2. The molecule has 25 heavy (non-hydrogen) atoms. The molecule has 1 amide bonds. The second-order valence-electron chi connectivity index (χ2n) is 6.23. The van der Waals surface area contributed by atoms with Crippen molar-refractivity contribution in [1.82, 2.24) is 0 Å². The molecule has 0 spiro atoms. The van der Waals surface area contributed by atoms with Gasteiger partial charge >= 0.3 is 5.97 Å². The predicted octanol–water partition coefficient (Wildman–Crippen LogP) is 2.42. The maximum Gasteiger partial charge on any atom is 0.346 e. The van der Waals surface area contributed by atoms with Gasteiger partial charge < -0.3 is 19.5 Å². The highest BCUT2D eigenvalue weighted by molar-refractivity contribution is 6.09. The molecule has 0 bridgehead atoms. The van der Waals surface area contributed by atoms with Crippen molar-refractivity contribution in [2.24, 2.45) is 0 Å². The van der Waals surface area contributed by atoms with E-state index < -0.39 is 12.1 Å². The summed E-state index contributed by atoms with van der Waals surface area (Å²) in [6.45, 7) is 2.44. The number of fused-ring (bicyclic) bond motifs is 2. The second-order valence-corrected chi connectivity index (χ2v) is 6.23. The van der Waals surface area contributed by atoms with Crippen molar-refractivity contribution in [3.05, 3.63) is 53.1 Å². The van der Waals surface area contributed by atoms with E-state index in [0.29, 0.717) is 29.4 Å². The summed E-state index contributed by atoms with van der Waals surface area (Å²) in [4.78, 5) is 26.1. The molecule has 0 saturated heterocycles. The first-order valence-corrected chi connectivity index (χ1v) is 8.11. The smallest absolute Gasteiger partial charge is 0.346 e. The van der Waals surface area contributed by atoms with Crippen LogP contribution >= 0.6 is 0 Å². The van der Waals surface area contributed by atoms with Crippen LogP contribution in [0.1, 0.15) is 21.5 Å². The van der Waals surface area contributed by atoms with Crippen molar-refractivity contribution in [1.29, 1.82) is 0 Å². The highest BCUT2D eigenvalue weighted by Gasteiger charge is 2.35. The molecule has 2 aromatic carbocycles. The number of carbonyl (C=O) groups excluding carboxylic acids is 1. The van der Waals surface area contributed by atoms with Gasteiger partial charge in [0.15, 0.2) is 0 Å². The predicted molar refractivity (Wildman–Crippen MR) is 90.5 cm³/mol. The number of anilines is 1. The zero-order valence-corrected chi connectivity index (χ0v) is 13.7. The van der Waals surface area contributed by atoms with Crippen LogP contribution in [-0.2, 0) is 11.2 Å². The van der Waals surface area contributed by atoms with Crippen molar-refractivity contribution in [3.8, 4) is 11.5 Å². The zero-order valence-electron chi connectivity index (χ0n) is 13.7. The average molecular weight is 339 g/mol. The quantitative estimate of drug-likeness (QED) is 0.909. The van der Waals surface area contributed by atoms with Gasteiger partial charge in [0.1, 0.15) is 11.5 Å².